The number of hydrogen-bond acceptors (Lipinski definition) is 2. The number of phenols is 1. The Bertz CT molecular complexity index is 554. The first-order chi connectivity index (χ1) is 8.58. The first-order valence-corrected chi connectivity index (χ1v) is 6.61. The van der Waals surface area contributed by atoms with E-state index in [-0.39, 0.29) is 0 Å². The van der Waals surface area contributed by atoms with Crippen LogP contribution in [0.1, 0.15) is 11.1 Å². The Morgan fingerprint density at radius 2 is 1.89 bits per heavy atom. The molecule has 2 rings (SSSR count). The molecule has 2 aromatic carbocycles. The van der Waals surface area contributed by atoms with Crippen molar-refractivity contribution in [3.05, 3.63) is 58.1 Å². The van der Waals surface area contributed by atoms with E-state index in [2.05, 4.69) is 46.9 Å². The van der Waals surface area contributed by atoms with Crippen molar-refractivity contribution in [3.63, 3.8) is 0 Å². The number of halogens is 1. The molecule has 2 aromatic rings. The van der Waals surface area contributed by atoms with Gasteiger partial charge in [-0.15, -0.1) is 0 Å². The second kappa shape index (κ2) is 5.44. The molecule has 0 saturated carbocycles. The van der Waals surface area contributed by atoms with Crippen LogP contribution in [0.5, 0.6) is 5.75 Å². The zero-order valence-corrected chi connectivity index (χ0v) is 12.1. The Balaban J connectivity index is 2.24. The average molecular weight is 306 g/mol. The van der Waals surface area contributed by atoms with Crippen molar-refractivity contribution in [2.45, 2.75) is 13.5 Å². The van der Waals surface area contributed by atoms with E-state index >= 15 is 0 Å². The van der Waals surface area contributed by atoms with E-state index in [1.165, 1.54) is 11.3 Å². The van der Waals surface area contributed by atoms with Gasteiger partial charge < -0.3 is 10.0 Å². The monoisotopic (exact) mass is 305 g/mol. The third-order valence-electron chi connectivity index (χ3n) is 2.96. The predicted molar refractivity (Wildman–Crippen MR) is 79.1 cm³/mol. The molecule has 0 aliphatic heterocycles. The predicted octanol–water partition coefficient (Wildman–Crippen LogP) is 4.10. The molecule has 18 heavy (non-hydrogen) atoms. The number of hydrogen-bond donors (Lipinski definition) is 1. The normalized spacial score (nSPS) is 10.4. The maximum absolute atomic E-state index is 9.54. The van der Waals surface area contributed by atoms with Gasteiger partial charge in [-0.1, -0.05) is 34.1 Å². The van der Waals surface area contributed by atoms with Gasteiger partial charge in [-0.2, -0.15) is 0 Å². The van der Waals surface area contributed by atoms with Crippen LogP contribution in [0.25, 0.3) is 0 Å². The van der Waals surface area contributed by atoms with Crippen LogP contribution in [0.4, 0.5) is 5.69 Å². The van der Waals surface area contributed by atoms with E-state index in [9.17, 15) is 5.11 Å². The van der Waals surface area contributed by atoms with E-state index in [1.54, 1.807) is 12.1 Å². The lowest BCUT2D eigenvalue weighted by Crippen LogP contribution is -2.17. The van der Waals surface area contributed by atoms with Gasteiger partial charge in [-0.05, 0) is 42.3 Å². The first-order valence-electron chi connectivity index (χ1n) is 5.82. The van der Waals surface area contributed by atoms with Gasteiger partial charge in [-0.3, -0.25) is 0 Å². The van der Waals surface area contributed by atoms with Gasteiger partial charge in [-0.25, -0.2) is 0 Å². The van der Waals surface area contributed by atoms with E-state index in [0.29, 0.717) is 5.75 Å². The quantitative estimate of drug-likeness (QED) is 0.923. The summed E-state index contributed by atoms with van der Waals surface area (Å²) < 4.78 is 1.01. The minimum absolute atomic E-state index is 0.298. The molecule has 0 radical (unpaired) electrons. The van der Waals surface area contributed by atoms with Crippen molar-refractivity contribution >= 4 is 21.6 Å². The van der Waals surface area contributed by atoms with Gasteiger partial charge in [0, 0.05) is 23.8 Å². The molecule has 0 aromatic heterocycles. The molecule has 3 heteroatoms. The molecule has 0 bridgehead atoms. The Hall–Kier alpha value is -1.48. The fourth-order valence-corrected chi connectivity index (χ4v) is 2.39. The first kappa shape index (κ1) is 13.0. The van der Waals surface area contributed by atoms with Crippen molar-refractivity contribution in [3.8, 4) is 5.75 Å². The molecule has 94 valence electrons. The second-order valence-corrected chi connectivity index (χ2v) is 5.27. The van der Waals surface area contributed by atoms with Crippen LogP contribution in [0, 0.1) is 6.92 Å². The zero-order chi connectivity index (χ0) is 13.1. The smallest absolute Gasteiger partial charge is 0.115 e. The molecule has 0 atom stereocenters. The van der Waals surface area contributed by atoms with Crippen LogP contribution in [0.2, 0.25) is 0 Å². The molecule has 0 unspecified atom stereocenters. The van der Waals surface area contributed by atoms with Crippen molar-refractivity contribution in [1.82, 2.24) is 0 Å². The second-order valence-electron chi connectivity index (χ2n) is 4.42. The van der Waals surface area contributed by atoms with Crippen molar-refractivity contribution < 1.29 is 5.11 Å². The highest BCUT2D eigenvalue weighted by molar-refractivity contribution is 9.10. The van der Waals surface area contributed by atoms with Gasteiger partial charge >= 0.3 is 0 Å². The van der Waals surface area contributed by atoms with E-state index in [4.69, 9.17) is 0 Å². The highest BCUT2D eigenvalue weighted by Gasteiger charge is 2.07. The minimum Gasteiger partial charge on any atom is -0.508 e. The van der Waals surface area contributed by atoms with Gasteiger partial charge in [0.2, 0.25) is 0 Å². The SMILES string of the molecule is Cc1ccccc1N(C)Cc1cc(O)ccc1Br. The van der Waals surface area contributed by atoms with Crippen LogP contribution in [-0.2, 0) is 6.54 Å². The molecule has 0 heterocycles. The molecule has 0 saturated heterocycles. The molecule has 0 aliphatic carbocycles. The van der Waals surface area contributed by atoms with Crippen LogP contribution < -0.4 is 4.90 Å². The molecule has 2 nitrogen and oxygen atoms in total. The summed E-state index contributed by atoms with van der Waals surface area (Å²) >= 11 is 3.51. The summed E-state index contributed by atoms with van der Waals surface area (Å²) in [5.74, 6) is 0.298. The third kappa shape index (κ3) is 2.85. The van der Waals surface area contributed by atoms with Gasteiger partial charge in [0.1, 0.15) is 5.75 Å². The molecule has 0 fully saturated rings. The lowest BCUT2D eigenvalue weighted by Gasteiger charge is -2.22. The van der Waals surface area contributed by atoms with Crippen molar-refractivity contribution in [1.29, 1.82) is 0 Å². The van der Waals surface area contributed by atoms with Crippen LogP contribution in [0.15, 0.2) is 46.9 Å². The van der Waals surface area contributed by atoms with Crippen molar-refractivity contribution in [2.75, 3.05) is 11.9 Å². The summed E-state index contributed by atoms with van der Waals surface area (Å²) in [5.41, 5.74) is 3.52. The van der Waals surface area contributed by atoms with Crippen LogP contribution in [0.3, 0.4) is 0 Å². The zero-order valence-electron chi connectivity index (χ0n) is 10.5. The van der Waals surface area contributed by atoms with Gasteiger partial charge in [0.05, 0.1) is 0 Å². The number of benzene rings is 2. The highest BCUT2D eigenvalue weighted by atomic mass is 79.9. The standard InChI is InChI=1S/C15H16BrNO/c1-11-5-3-4-6-15(11)17(2)10-12-9-13(18)7-8-14(12)16/h3-9,18H,10H2,1-2H3. The average Bonchev–Trinajstić information content (AvgIpc) is 2.34. The van der Waals surface area contributed by atoms with Gasteiger partial charge in [0.25, 0.3) is 0 Å². The Kier molecular flexibility index (Phi) is 3.92. The molecule has 0 spiro atoms. The molecule has 0 aliphatic rings. The number of rotatable bonds is 3. The molecular weight excluding hydrogens is 290 g/mol. The summed E-state index contributed by atoms with van der Waals surface area (Å²) in [6.45, 7) is 2.85. The number of para-hydroxylation sites is 1. The largest absolute Gasteiger partial charge is 0.508 e. The van der Waals surface area contributed by atoms with Crippen LogP contribution >= 0.6 is 15.9 Å². The van der Waals surface area contributed by atoms with E-state index in [1.807, 2.05) is 18.2 Å². The maximum Gasteiger partial charge on any atom is 0.115 e. The maximum atomic E-state index is 9.54. The fourth-order valence-electron chi connectivity index (χ4n) is 2.01. The summed E-state index contributed by atoms with van der Waals surface area (Å²) in [6, 6.07) is 13.6. The van der Waals surface area contributed by atoms with E-state index in [0.717, 1.165) is 16.6 Å². The van der Waals surface area contributed by atoms with E-state index < -0.39 is 0 Å². The number of nitrogens with zero attached hydrogens (tertiary/aromatic N) is 1. The Morgan fingerprint density at radius 1 is 1.17 bits per heavy atom. The molecular formula is C15H16BrNO. The number of phenolic OH excluding ortho intramolecular Hbond substituents is 1. The number of anilines is 1. The summed E-state index contributed by atoms with van der Waals surface area (Å²) in [4.78, 5) is 2.18. The summed E-state index contributed by atoms with van der Waals surface area (Å²) in [7, 11) is 2.05. The third-order valence-corrected chi connectivity index (χ3v) is 3.74. The summed E-state index contributed by atoms with van der Waals surface area (Å²) in [5, 5.41) is 9.54. The van der Waals surface area contributed by atoms with Crippen LogP contribution in [-0.4, -0.2) is 12.2 Å². The Labute approximate surface area is 116 Å². The minimum atomic E-state index is 0.298. The lowest BCUT2D eigenvalue weighted by molar-refractivity contribution is 0.474. The molecule has 0 amide bonds. The summed E-state index contributed by atoms with van der Waals surface area (Å²) in [6.07, 6.45) is 0. The highest BCUT2D eigenvalue weighted by Crippen LogP contribution is 2.26. The van der Waals surface area contributed by atoms with Gasteiger partial charge in [0.15, 0.2) is 0 Å². The Morgan fingerprint density at radius 3 is 2.61 bits per heavy atom. The van der Waals surface area contributed by atoms with Crippen molar-refractivity contribution in [2.24, 2.45) is 0 Å². The number of aryl methyl sites for hydroxylation is 1. The topological polar surface area (TPSA) is 23.5 Å². The lowest BCUT2D eigenvalue weighted by atomic mass is 10.1. The fraction of sp³-hybridized carbons (Fsp3) is 0.200. The number of aromatic hydroxyl groups is 1. The molecule has 1 N–H and O–H groups in total.